The Hall–Kier alpha value is -1.75. The molecule has 1 aromatic carbocycles. The molecule has 0 N–H and O–H groups in total. The molecule has 1 unspecified atom stereocenters. The monoisotopic (exact) mass is 292 g/mol. The summed E-state index contributed by atoms with van der Waals surface area (Å²) in [7, 11) is 1.73. The van der Waals surface area contributed by atoms with E-state index < -0.39 is 0 Å². The van der Waals surface area contributed by atoms with Crippen LogP contribution in [0.2, 0.25) is 0 Å². The molecule has 20 heavy (non-hydrogen) atoms. The predicted molar refractivity (Wildman–Crippen MR) is 78.1 cm³/mol. The maximum absolute atomic E-state index is 13.1. The Balaban J connectivity index is 2.05. The molecule has 2 aromatic rings. The van der Waals surface area contributed by atoms with Crippen molar-refractivity contribution in [3.63, 3.8) is 0 Å². The maximum atomic E-state index is 13.1. The minimum atomic E-state index is -0.285. The first kappa shape index (κ1) is 14.7. The summed E-state index contributed by atoms with van der Waals surface area (Å²) in [5.41, 5.74) is 1.71. The highest BCUT2D eigenvalue weighted by Crippen LogP contribution is 2.22. The average Bonchev–Trinajstić information content (AvgIpc) is 2.83. The fourth-order valence-electron chi connectivity index (χ4n) is 1.99. The van der Waals surface area contributed by atoms with Crippen molar-refractivity contribution in [2.75, 3.05) is 7.05 Å². The number of halogens is 1. The normalized spacial score (nSPS) is 12.2. The first-order chi connectivity index (χ1) is 9.47. The lowest BCUT2D eigenvalue weighted by molar-refractivity contribution is -0.131. The van der Waals surface area contributed by atoms with E-state index in [1.165, 1.54) is 23.5 Å². The number of carbonyl (C=O) groups is 1. The summed E-state index contributed by atoms with van der Waals surface area (Å²) in [5.74, 6) is -0.567. The van der Waals surface area contributed by atoms with Crippen molar-refractivity contribution in [1.29, 1.82) is 0 Å². The lowest BCUT2D eigenvalue weighted by Crippen LogP contribution is -2.30. The molecule has 1 heterocycles. The Morgan fingerprint density at radius 2 is 2.25 bits per heavy atom. The van der Waals surface area contributed by atoms with E-state index in [1.54, 1.807) is 18.0 Å². The molecule has 0 fully saturated rings. The number of likely N-dealkylation sites (N-methyl/N-ethyl adjacent to an activating group) is 1. The summed E-state index contributed by atoms with van der Waals surface area (Å²) in [5, 5.41) is 2.75. The lowest BCUT2D eigenvalue weighted by atomic mass is 10.1. The van der Waals surface area contributed by atoms with Crippen LogP contribution in [-0.4, -0.2) is 22.8 Å². The van der Waals surface area contributed by atoms with Gasteiger partial charge in [0.1, 0.15) is 10.8 Å². The van der Waals surface area contributed by atoms with Gasteiger partial charge in [0.2, 0.25) is 5.91 Å². The van der Waals surface area contributed by atoms with Crippen LogP contribution in [0.15, 0.2) is 29.6 Å². The quantitative estimate of drug-likeness (QED) is 0.866. The van der Waals surface area contributed by atoms with E-state index >= 15 is 0 Å². The van der Waals surface area contributed by atoms with Crippen LogP contribution in [0.4, 0.5) is 4.39 Å². The summed E-state index contributed by atoms with van der Waals surface area (Å²) in [6, 6.07) is 6.30. The highest BCUT2D eigenvalue weighted by Gasteiger charge is 2.22. The molecular formula is C15H17FN2OS. The van der Waals surface area contributed by atoms with Gasteiger partial charge in [0.15, 0.2) is 0 Å². The summed E-state index contributed by atoms with van der Waals surface area (Å²) in [4.78, 5) is 18.3. The fourth-order valence-corrected chi connectivity index (χ4v) is 2.84. The number of thiazole rings is 1. The number of carbonyl (C=O) groups excluding carboxylic acids is 1. The molecule has 2 rings (SSSR count). The molecule has 0 spiro atoms. The molecule has 106 valence electrons. The zero-order valence-corrected chi connectivity index (χ0v) is 12.6. The van der Waals surface area contributed by atoms with E-state index in [1.807, 2.05) is 25.3 Å². The van der Waals surface area contributed by atoms with Crippen molar-refractivity contribution < 1.29 is 9.18 Å². The third-order valence-electron chi connectivity index (χ3n) is 3.06. The van der Waals surface area contributed by atoms with E-state index in [9.17, 15) is 9.18 Å². The molecule has 1 aromatic heterocycles. The average molecular weight is 292 g/mol. The number of hydrogen-bond donors (Lipinski definition) is 0. The molecule has 5 heteroatoms. The largest absolute Gasteiger partial charge is 0.341 e. The number of aromatic nitrogens is 1. The van der Waals surface area contributed by atoms with Gasteiger partial charge >= 0.3 is 0 Å². The van der Waals surface area contributed by atoms with E-state index in [4.69, 9.17) is 0 Å². The molecule has 0 aliphatic heterocycles. The second-order valence-corrected chi connectivity index (χ2v) is 5.76. The van der Waals surface area contributed by atoms with E-state index in [2.05, 4.69) is 4.98 Å². The lowest BCUT2D eigenvalue weighted by Gasteiger charge is -2.20. The smallest absolute Gasteiger partial charge is 0.232 e. The summed E-state index contributed by atoms with van der Waals surface area (Å²) >= 11 is 1.49. The number of aryl methyl sites for hydroxylation is 1. The topological polar surface area (TPSA) is 33.2 Å². The van der Waals surface area contributed by atoms with Crippen molar-refractivity contribution in [1.82, 2.24) is 9.88 Å². The molecular weight excluding hydrogens is 275 g/mol. The Bertz CT molecular complexity index is 611. The summed E-state index contributed by atoms with van der Waals surface area (Å²) in [6.45, 7) is 4.15. The highest BCUT2D eigenvalue weighted by atomic mass is 32.1. The van der Waals surface area contributed by atoms with Gasteiger partial charge in [-0.05, 0) is 31.5 Å². The van der Waals surface area contributed by atoms with Gasteiger partial charge in [0.25, 0.3) is 0 Å². The Labute approximate surface area is 122 Å². The Kier molecular flexibility index (Phi) is 4.49. The van der Waals surface area contributed by atoms with E-state index in [0.717, 1.165) is 16.3 Å². The SMILES string of the molecule is Cc1csc(C(C)C(=O)N(C)Cc2cccc(F)c2)n1. The van der Waals surface area contributed by atoms with Gasteiger partial charge in [-0.15, -0.1) is 11.3 Å². The van der Waals surface area contributed by atoms with Crippen LogP contribution in [0.5, 0.6) is 0 Å². The van der Waals surface area contributed by atoms with Crippen molar-refractivity contribution in [3.05, 3.63) is 51.7 Å². The van der Waals surface area contributed by atoms with Crippen molar-refractivity contribution in [2.24, 2.45) is 0 Å². The molecule has 0 aliphatic carbocycles. The number of amides is 1. The maximum Gasteiger partial charge on any atom is 0.232 e. The predicted octanol–water partition coefficient (Wildman–Crippen LogP) is 3.35. The zero-order chi connectivity index (χ0) is 14.7. The Morgan fingerprint density at radius 1 is 1.50 bits per heavy atom. The number of benzene rings is 1. The molecule has 0 bridgehead atoms. The molecule has 0 saturated heterocycles. The van der Waals surface area contributed by atoms with Gasteiger partial charge in [-0.25, -0.2) is 9.37 Å². The van der Waals surface area contributed by atoms with Crippen LogP contribution in [-0.2, 0) is 11.3 Å². The number of nitrogens with zero attached hydrogens (tertiary/aromatic N) is 2. The van der Waals surface area contributed by atoms with Gasteiger partial charge in [0, 0.05) is 24.7 Å². The zero-order valence-electron chi connectivity index (χ0n) is 11.8. The van der Waals surface area contributed by atoms with E-state index in [0.29, 0.717) is 6.54 Å². The van der Waals surface area contributed by atoms with Crippen LogP contribution in [0.1, 0.15) is 29.1 Å². The van der Waals surface area contributed by atoms with Crippen LogP contribution < -0.4 is 0 Å². The molecule has 0 radical (unpaired) electrons. The van der Waals surface area contributed by atoms with E-state index in [-0.39, 0.29) is 17.6 Å². The van der Waals surface area contributed by atoms with Crippen molar-refractivity contribution in [3.8, 4) is 0 Å². The molecule has 0 aliphatic rings. The first-order valence-electron chi connectivity index (χ1n) is 6.39. The van der Waals surface area contributed by atoms with Crippen molar-refractivity contribution in [2.45, 2.75) is 26.3 Å². The standard InChI is InChI=1S/C15H17FN2OS/c1-10-9-20-14(17-10)11(2)15(19)18(3)8-12-5-4-6-13(16)7-12/h4-7,9,11H,8H2,1-3H3. The molecule has 0 saturated carbocycles. The van der Waals surface area contributed by atoms with Crippen LogP contribution in [0.25, 0.3) is 0 Å². The van der Waals surface area contributed by atoms with Gasteiger partial charge in [0.05, 0.1) is 5.92 Å². The number of rotatable bonds is 4. The first-order valence-corrected chi connectivity index (χ1v) is 7.27. The molecule has 1 amide bonds. The third kappa shape index (κ3) is 3.42. The Morgan fingerprint density at radius 3 is 2.85 bits per heavy atom. The van der Waals surface area contributed by atoms with Gasteiger partial charge in [-0.2, -0.15) is 0 Å². The van der Waals surface area contributed by atoms with Gasteiger partial charge in [-0.1, -0.05) is 12.1 Å². The van der Waals surface area contributed by atoms with Gasteiger partial charge < -0.3 is 4.90 Å². The van der Waals surface area contributed by atoms with Crippen molar-refractivity contribution >= 4 is 17.2 Å². The van der Waals surface area contributed by atoms with Crippen LogP contribution in [0, 0.1) is 12.7 Å². The number of hydrogen-bond acceptors (Lipinski definition) is 3. The second-order valence-electron chi connectivity index (χ2n) is 4.87. The van der Waals surface area contributed by atoms with Crippen LogP contribution >= 0.6 is 11.3 Å². The fraction of sp³-hybridized carbons (Fsp3) is 0.333. The second kappa shape index (κ2) is 6.13. The summed E-state index contributed by atoms with van der Waals surface area (Å²) in [6.07, 6.45) is 0. The third-order valence-corrected chi connectivity index (χ3v) is 4.21. The minimum absolute atomic E-state index is 0.0105. The summed E-state index contributed by atoms with van der Waals surface area (Å²) < 4.78 is 13.1. The van der Waals surface area contributed by atoms with Gasteiger partial charge in [-0.3, -0.25) is 4.79 Å². The highest BCUT2D eigenvalue weighted by molar-refractivity contribution is 7.09. The molecule has 1 atom stereocenters. The minimum Gasteiger partial charge on any atom is -0.341 e. The molecule has 3 nitrogen and oxygen atoms in total. The van der Waals surface area contributed by atoms with Crippen LogP contribution in [0.3, 0.4) is 0 Å².